The van der Waals surface area contributed by atoms with E-state index in [2.05, 4.69) is 37.6 Å². The smallest absolute Gasteiger partial charge is 0.149 e. The lowest BCUT2D eigenvalue weighted by molar-refractivity contribution is 0.600. The van der Waals surface area contributed by atoms with Gasteiger partial charge in [-0.3, -0.25) is 0 Å². The van der Waals surface area contributed by atoms with E-state index in [0.717, 1.165) is 0 Å². The number of halogens is 1. The van der Waals surface area contributed by atoms with Gasteiger partial charge in [0.05, 0.1) is 5.02 Å². The number of rotatable bonds is 3. The van der Waals surface area contributed by atoms with E-state index in [1.807, 2.05) is 6.07 Å². The van der Waals surface area contributed by atoms with Crippen molar-refractivity contribution >= 4 is 17.4 Å². The Balaban J connectivity index is 3.23. The first-order valence-electron chi connectivity index (χ1n) is 5.32. The summed E-state index contributed by atoms with van der Waals surface area (Å²) in [5, 5.41) is 9.42. The third-order valence-electron chi connectivity index (χ3n) is 2.30. The van der Waals surface area contributed by atoms with Gasteiger partial charge in [-0.05, 0) is 39.8 Å². The first-order chi connectivity index (χ1) is 7.47. The lowest BCUT2D eigenvalue weighted by Gasteiger charge is -2.32. The molecule has 0 aliphatic rings. The molecule has 1 aromatic heterocycles. The first kappa shape index (κ1) is 12.8. The summed E-state index contributed by atoms with van der Waals surface area (Å²) in [6.07, 6.45) is 0. The molecule has 16 heavy (non-hydrogen) atoms. The Morgan fingerprint density at radius 1 is 1.25 bits per heavy atom. The van der Waals surface area contributed by atoms with E-state index in [0.29, 0.717) is 28.6 Å². The summed E-state index contributed by atoms with van der Waals surface area (Å²) in [5.74, 6) is 0.686. The van der Waals surface area contributed by atoms with E-state index in [1.54, 1.807) is 12.1 Å². The molecule has 0 N–H and O–H groups in total. The molecule has 0 aliphatic heterocycles. The summed E-state index contributed by atoms with van der Waals surface area (Å²) in [6.45, 7) is 8.32. The zero-order chi connectivity index (χ0) is 12.3. The maximum atomic E-state index is 8.84. The van der Waals surface area contributed by atoms with E-state index in [1.165, 1.54) is 0 Å². The van der Waals surface area contributed by atoms with Gasteiger partial charge >= 0.3 is 0 Å². The topological polar surface area (TPSA) is 39.9 Å². The normalized spacial score (nSPS) is 10.6. The van der Waals surface area contributed by atoms with E-state index in [9.17, 15) is 0 Å². The summed E-state index contributed by atoms with van der Waals surface area (Å²) in [6, 6.07) is 5.96. The van der Waals surface area contributed by atoms with Crippen molar-refractivity contribution in [3.05, 3.63) is 22.8 Å². The average Bonchev–Trinajstić information content (AvgIpc) is 2.20. The summed E-state index contributed by atoms with van der Waals surface area (Å²) >= 11 is 6.12. The van der Waals surface area contributed by atoms with Crippen LogP contribution in [0.5, 0.6) is 0 Å². The number of nitriles is 1. The molecule has 4 heteroatoms. The lowest BCUT2D eigenvalue weighted by atomic mass is 10.2. The average molecular weight is 238 g/mol. The van der Waals surface area contributed by atoms with Crippen LogP contribution in [0.3, 0.4) is 0 Å². The second-order valence-corrected chi connectivity index (χ2v) is 4.62. The van der Waals surface area contributed by atoms with Gasteiger partial charge < -0.3 is 4.90 Å². The zero-order valence-electron chi connectivity index (χ0n) is 10.0. The largest absolute Gasteiger partial charge is 0.350 e. The highest BCUT2D eigenvalue weighted by Gasteiger charge is 2.18. The number of aromatic nitrogens is 1. The van der Waals surface area contributed by atoms with Crippen molar-refractivity contribution in [2.45, 2.75) is 39.8 Å². The minimum Gasteiger partial charge on any atom is -0.350 e. The molecule has 0 atom stereocenters. The van der Waals surface area contributed by atoms with Crippen molar-refractivity contribution in [3.63, 3.8) is 0 Å². The molecule has 0 aromatic carbocycles. The Hall–Kier alpha value is -1.27. The van der Waals surface area contributed by atoms with Crippen LogP contribution in [0, 0.1) is 11.3 Å². The van der Waals surface area contributed by atoms with Gasteiger partial charge in [-0.2, -0.15) is 5.26 Å². The number of nitrogens with zero attached hydrogens (tertiary/aromatic N) is 3. The number of hydrogen-bond acceptors (Lipinski definition) is 3. The maximum absolute atomic E-state index is 8.84. The molecule has 0 bridgehead atoms. The summed E-state index contributed by atoms with van der Waals surface area (Å²) in [5.41, 5.74) is 0.394. The van der Waals surface area contributed by atoms with Crippen molar-refractivity contribution in [2.75, 3.05) is 4.90 Å². The third-order valence-corrected chi connectivity index (χ3v) is 2.59. The van der Waals surface area contributed by atoms with Gasteiger partial charge in [0.2, 0.25) is 0 Å². The molecule has 0 saturated heterocycles. The fourth-order valence-corrected chi connectivity index (χ4v) is 1.96. The highest BCUT2D eigenvalue weighted by Crippen LogP contribution is 2.26. The van der Waals surface area contributed by atoms with Gasteiger partial charge in [-0.25, -0.2) is 4.98 Å². The Bertz CT molecular complexity index is 399. The van der Waals surface area contributed by atoms with E-state index in [-0.39, 0.29) is 0 Å². The number of hydrogen-bond donors (Lipinski definition) is 0. The van der Waals surface area contributed by atoms with Crippen molar-refractivity contribution in [1.82, 2.24) is 4.98 Å². The van der Waals surface area contributed by atoms with Crippen LogP contribution in [0.2, 0.25) is 5.02 Å². The molecular formula is C12H16ClN3. The first-order valence-corrected chi connectivity index (χ1v) is 5.70. The van der Waals surface area contributed by atoms with Crippen LogP contribution in [0.1, 0.15) is 33.4 Å². The van der Waals surface area contributed by atoms with E-state index >= 15 is 0 Å². The monoisotopic (exact) mass is 237 g/mol. The van der Waals surface area contributed by atoms with Crippen LogP contribution in [0.15, 0.2) is 12.1 Å². The van der Waals surface area contributed by atoms with Crippen LogP contribution in [0.4, 0.5) is 5.82 Å². The summed E-state index contributed by atoms with van der Waals surface area (Å²) in [4.78, 5) is 6.37. The van der Waals surface area contributed by atoms with Crippen LogP contribution in [0.25, 0.3) is 0 Å². The number of pyridine rings is 1. The maximum Gasteiger partial charge on any atom is 0.149 e. The van der Waals surface area contributed by atoms with Crippen LogP contribution < -0.4 is 4.90 Å². The molecule has 0 aliphatic carbocycles. The molecule has 3 nitrogen and oxygen atoms in total. The molecule has 0 saturated carbocycles. The Kier molecular flexibility index (Phi) is 4.14. The molecule has 0 amide bonds. The predicted octanol–water partition coefficient (Wildman–Crippen LogP) is 3.23. The standard InChI is InChI=1S/C12H16ClN3/c1-8(2)16(9(3)4)12-11(13)6-5-10(7-14)15-12/h5-6,8-9H,1-4H3. The highest BCUT2D eigenvalue weighted by molar-refractivity contribution is 6.33. The molecule has 0 unspecified atom stereocenters. The van der Waals surface area contributed by atoms with Gasteiger partial charge in [-0.15, -0.1) is 0 Å². The van der Waals surface area contributed by atoms with Crippen molar-refractivity contribution in [3.8, 4) is 6.07 Å². The second-order valence-electron chi connectivity index (χ2n) is 4.21. The fourth-order valence-electron chi connectivity index (χ4n) is 1.76. The SMILES string of the molecule is CC(C)N(c1nc(C#N)ccc1Cl)C(C)C. The summed E-state index contributed by atoms with van der Waals surface area (Å²) in [7, 11) is 0. The van der Waals surface area contributed by atoms with Crippen LogP contribution in [-0.4, -0.2) is 17.1 Å². The Labute approximate surface area is 102 Å². The molecule has 1 rings (SSSR count). The van der Waals surface area contributed by atoms with Gasteiger partial charge in [0.15, 0.2) is 0 Å². The quantitative estimate of drug-likeness (QED) is 0.810. The van der Waals surface area contributed by atoms with Crippen molar-refractivity contribution in [2.24, 2.45) is 0 Å². The van der Waals surface area contributed by atoms with E-state index < -0.39 is 0 Å². The second kappa shape index (κ2) is 5.18. The van der Waals surface area contributed by atoms with E-state index in [4.69, 9.17) is 16.9 Å². The molecule has 0 fully saturated rings. The highest BCUT2D eigenvalue weighted by atomic mass is 35.5. The molecule has 1 aromatic rings. The van der Waals surface area contributed by atoms with Gasteiger partial charge in [-0.1, -0.05) is 11.6 Å². The van der Waals surface area contributed by atoms with Gasteiger partial charge in [0.25, 0.3) is 0 Å². The molecule has 1 heterocycles. The third kappa shape index (κ3) is 2.65. The van der Waals surface area contributed by atoms with Crippen LogP contribution >= 0.6 is 11.6 Å². The molecule has 0 spiro atoms. The van der Waals surface area contributed by atoms with Crippen LogP contribution in [-0.2, 0) is 0 Å². The van der Waals surface area contributed by atoms with Gasteiger partial charge in [0, 0.05) is 12.1 Å². The fraction of sp³-hybridized carbons (Fsp3) is 0.500. The number of anilines is 1. The van der Waals surface area contributed by atoms with Crippen molar-refractivity contribution < 1.29 is 0 Å². The minimum absolute atomic E-state index is 0.291. The Morgan fingerprint density at radius 3 is 2.25 bits per heavy atom. The van der Waals surface area contributed by atoms with Crippen molar-refractivity contribution in [1.29, 1.82) is 5.26 Å². The minimum atomic E-state index is 0.291. The molecule has 86 valence electrons. The molecule has 0 radical (unpaired) electrons. The summed E-state index contributed by atoms with van der Waals surface area (Å²) < 4.78 is 0. The predicted molar refractivity (Wildman–Crippen MR) is 66.7 cm³/mol. The van der Waals surface area contributed by atoms with Gasteiger partial charge in [0.1, 0.15) is 17.6 Å². The zero-order valence-corrected chi connectivity index (χ0v) is 10.8. The Morgan fingerprint density at radius 2 is 1.81 bits per heavy atom. The lowest BCUT2D eigenvalue weighted by Crippen LogP contribution is -2.37. The molecular weight excluding hydrogens is 222 g/mol.